The summed E-state index contributed by atoms with van der Waals surface area (Å²) in [5.41, 5.74) is 2.53. The molecule has 1 unspecified atom stereocenters. The van der Waals surface area contributed by atoms with Crippen molar-refractivity contribution in [2.45, 2.75) is 45.6 Å². The molecule has 1 atom stereocenters. The molecule has 1 saturated carbocycles. The highest BCUT2D eigenvalue weighted by molar-refractivity contribution is 6.31. The Morgan fingerprint density at radius 3 is 2.95 bits per heavy atom. The lowest BCUT2D eigenvalue weighted by molar-refractivity contribution is 0.229. The van der Waals surface area contributed by atoms with Crippen molar-refractivity contribution in [3.8, 4) is 5.69 Å². The lowest BCUT2D eigenvalue weighted by atomic mass is 9.75. The third kappa shape index (κ3) is 3.41. The van der Waals surface area contributed by atoms with Gasteiger partial charge in [0.15, 0.2) is 0 Å². The maximum absolute atomic E-state index is 6.18. The Hall–Kier alpha value is -1.48. The summed E-state index contributed by atoms with van der Waals surface area (Å²) in [4.78, 5) is 0. The molecule has 1 aliphatic rings. The highest BCUT2D eigenvalue weighted by Crippen LogP contribution is 2.37. The van der Waals surface area contributed by atoms with E-state index >= 15 is 0 Å². The monoisotopic (exact) mass is 303 g/mol. The smallest absolute Gasteiger partial charge is 0.0877 e. The Kier molecular flexibility index (Phi) is 3.94. The number of rotatable bonds is 3. The second-order valence-electron chi connectivity index (χ2n) is 6.71. The van der Waals surface area contributed by atoms with Crippen LogP contribution in [0.2, 0.25) is 5.02 Å². The molecule has 0 spiro atoms. The van der Waals surface area contributed by atoms with Crippen LogP contribution < -0.4 is 5.32 Å². The number of anilines is 1. The van der Waals surface area contributed by atoms with Crippen LogP contribution in [-0.2, 0) is 0 Å². The standard InChI is InChI=1S/C17H22ClN3/c1-17(2)8-3-5-14(12-17)20-15-11-13(18)6-7-16(15)21-10-4-9-19-21/h4,6-7,9-11,14,20H,3,5,8,12H2,1-2H3. The molecule has 0 radical (unpaired) electrons. The van der Waals surface area contributed by atoms with Crippen molar-refractivity contribution in [3.05, 3.63) is 41.7 Å². The first-order valence-electron chi connectivity index (χ1n) is 7.60. The zero-order chi connectivity index (χ0) is 14.9. The molecule has 1 aromatic carbocycles. The lowest BCUT2D eigenvalue weighted by Gasteiger charge is -2.36. The van der Waals surface area contributed by atoms with Crippen molar-refractivity contribution in [3.63, 3.8) is 0 Å². The zero-order valence-electron chi connectivity index (χ0n) is 12.6. The van der Waals surface area contributed by atoms with E-state index in [2.05, 4.69) is 24.3 Å². The van der Waals surface area contributed by atoms with Gasteiger partial charge in [0.2, 0.25) is 0 Å². The van der Waals surface area contributed by atoms with E-state index in [0.29, 0.717) is 11.5 Å². The SMILES string of the molecule is CC1(C)CCCC(Nc2cc(Cl)ccc2-n2cccn2)C1. The highest BCUT2D eigenvalue weighted by atomic mass is 35.5. The normalized spacial score (nSPS) is 21.2. The number of nitrogens with zero attached hydrogens (tertiary/aromatic N) is 2. The molecule has 0 amide bonds. The minimum atomic E-state index is 0.417. The first-order valence-corrected chi connectivity index (χ1v) is 7.97. The summed E-state index contributed by atoms with van der Waals surface area (Å²) in [6, 6.07) is 8.36. The topological polar surface area (TPSA) is 29.9 Å². The van der Waals surface area contributed by atoms with Crippen molar-refractivity contribution >= 4 is 17.3 Å². The molecule has 0 bridgehead atoms. The summed E-state index contributed by atoms with van der Waals surface area (Å²) in [5, 5.41) is 8.77. The van der Waals surface area contributed by atoms with E-state index in [4.69, 9.17) is 11.6 Å². The van der Waals surface area contributed by atoms with Gasteiger partial charge in [-0.25, -0.2) is 4.68 Å². The fourth-order valence-electron chi connectivity index (χ4n) is 3.28. The maximum atomic E-state index is 6.18. The van der Waals surface area contributed by atoms with Crippen molar-refractivity contribution < 1.29 is 0 Å². The number of nitrogens with one attached hydrogen (secondary N) is 1. The molecule has 1 aliphatic carbocycles. The summed E-state index contributed by atoms with van der Waals surface area (Å²) in [7, 11) is 0. The number of benzene rings is 1. The summed E-state index contributed by atoms with van der Waals surface area (Å²) in [5.74, 6) is 0. The highest BCUT2D eigenvalue weighted by Gasteiger charge is 2.28. The van der Waals surface area contributed by atoms with Gasteiger partial charge < -0.3 is 5.32 Å². The molecule has 1 N–H and O–H groups in total. The van der Waals surface area contributed by atoms with E-state index in [1.165, 1.54) is 25.7 Å². The second kappa shape index (κ2) is 5.72. The van der Waals surface area contributed by atoms with Gasteiger partial charge in [-0.15, -0.1) is 0 Å². The molecule has 2 aromatic rings. The third-order valence-electron chi connectivity index (χ3n) is 4.27. The van der Waals surface area contributed by atoms with Crippen LogP contribution in [-0.4, -0.2) is 15.8 Å². The molecule has 1 fully saturated rings. The van der Waals surface area contributed by atoms with Crippen LogP contribution in [0.5, 0.6) is 0 Å². The number of halogens is 1. The molecule has 21 heavy (non-hydrogen) atoms. The summed E-state index contributed by atoms with van der Waals surface area (Å²) >= 11 is 6.18. The fraction of sp³-hybridized carbons (Fsp3) is 0.471. The molecular formula is C17H22ClN3. The average molecular weight is 304 g/mol. The zero-order valence-corrected chi connectivity index (χ0v) is 13.4. The van der Waals surface area contributed by atoms with E-state index < -0.39 is 0 Å². The first-order chi connectivity index (χ1) is 10.0. The van der Waals surface area contributed by atoms with Crippen LogP contribution in [0.25, 0.3) is 5.69 Å². The predicted octanol–water partition coefficient (Wildman–Crippen LogP) is 4.91. The molecule has 1 heterocycles. The summed E-state index contributed by atoms with van der Waals surface area (Å²) in [6.45, 7) is 4.71. The van der Waals surface area contributed by atoms with E-state index in [0.717, 1.165) is 16.4 Å². The Bertz CT molecular complexity index is 605. The lowest BCUT2D eigenvalue weighted by Crippen LogP contribution is -2.32. The molecule has 112 valence electrons. The van der Waals surface area contributed by atoms with E-state index in [1.807, 2.05) is 35.1 Å². The fourth-order valence-corrected chi connectivity index (χ4v) is 3.45. The minimum absolute atomic E-state index is 0.417. The van der Waals surface area contributed by atoms with Gasteiger partial charge >= 0.3 is 0 Å². The summed E-state index contributed by atoms with van der Waals surface area (Å²) < 4.78 is 1.88. The Labute approximate surface area is 131 Å². The maximum Gasteiger partial charge on any atom is 0.0877 e. The number of aromatic nitrogens is 2. The minimum Gasteiger partial charge on any atom is -0.381 e. The second-order valence-corrected chi connectivity index (χ2v) is 7.15. The van der Waals surface area contributed by atoms with Crippen LogP contribution in [0.15, 0.2) is 36.7 Å². The molecule has 3 rings (SSSR count). The van der Waals surface area contributed by atoms with Crippen molar-refractivity contribution in [2.75, 3.05) is 5.32 Å². The van der Waals surface area contributed by atoms with E-state index in [1.54, 1.807) is 6.20 Å². The van der Waals surface area contributed by atoms with Crippen LogP contribution in [0, 0.1) is 5.41 Å². The average Bonchev–Trinajstić information content (AvgIpc) is 2.91. The molecule has 0 saturated heterocycles. The molecule has 3 nitrogen and oxygen atoms in total. The van der Waals surface area contributed by atoms with E-state index in [9.17, 15) is 0 Å². The van der Waals surface area contributed by atoms with Crippen LogP contribution in [0.3, 0.4) is 0 Å². The van der Waals surface area contributed by atoms with Gasteiger partial charge in [-0.2, -0.15) is 5.10 Å². The molecule has 1 aromatic heterocycles. The summed E-state index contributed by atoms with van der Waals surface area (Å²) in [6.07, 6.45) is 8.75. The van der Waals surface area contributed by atoms with Crippen molar-refractivity contribution in [2.24, 2.45) is 5.41 Å². The van der Waals surface area contributed by atoms with Gasteiger partial charge in [-0.05, 0) is 48.9 Å². The van der Waals surface area contributed by atoms with Gasteiger partial charge in [0.05, 0.1) is 11.4 Å². The van der Waals surface area contributed by atoms with Gasteiger partial charge in [-0.1, -0.05) is 31.9 Å². The molecule has 0 aliphatic heterocycles. The number of hydrogen-bond acceptors (Lipinski definition) is 2. The van der Waals surface area contributed by atoms with Gasteiger partial charge in [-0.3, -0.25) is 0 Å². The third-order valence-corrected chi connectivity index (χ3v) is 4.51. The Morgan fingerprint density at radius 2 is 2.24 bits per heavy atom. The Balaban J connectivity index is 1.86. The van der Waals surface area contributed by atoms with Gasteiger partial charge in [0, 0.05) is 23.5 Å². The first kappa shape index (κ1) is 14.5. The van der Waals surface area contributed by atoms with Crippen LogP contribution in [0.1, 0.15) is 39.5 Å². The Morgan fingerprint density at radius 1 is 1.38 bits per heavy atom. The largest absolute Gasteiger partial charge is 0.381 e. The molecule has 4 heteroatoms. The van der Waals surface area contributed by atoms with Gasteiger partial charge in [0.1, 0.15) is 0 Å². The predicted molar refractivity (Wildman–Crippen MR) is 88.2 cm³/mol. The molecular weight excluding hydrogens is 282 g/mol. The van der Waals surface area contributed by atoms with E-state index in [-0.39, 0.29) is 0 Å². The quantitative estimate of drug-likeness (QED) is 0.873. The van der Waals surface area contributed by atoms with Crippen molar-refractivity contribution in [1.82, 2.24) is 9.78 Å². The van der Waals surface area contributed by atoms with Gasteiger partial charge in [0.25, 0.3) is 0 Å². The van der Waals surface area contributed by atoms with Crippen LogP contribution in [0.4, 0.5) is 5.69 Å². The number of hydrogen-bond donors (Lipinski definition) is 1. The van der Waals surface area contributed by atoms with Crippen LogP contribution >= 0.6 is 11.6 Å². The van der Waals surface area contributed by atoms with Crippen molar-refractivity contribution in [1.29, 1.82) is 0 Å².